The van der Waals surface area contributed by atoms with Crippen LogP contribution in [0.1, 0.15) is 122 Å². The summed E-state index contributed by atoms with van der Waals surface area (Å²) >= 11 is 0. The van der Waals surface area contributed by atoms with Gasteiger partial charge in [-0.2, -0.15) is 5.06 Å². The normalized spacial score (nSPS) is 30.1. The number of benzene rings is 2. The average molecular weight is 1040 g/mol. The average Bonchev–Trinajstić information content (AvgIpc) is 3.93. The molecule has 5 aliphatic rings. The fourth-order valence-corrected chi connectivity index (χ4v) is 11.0. The lowest BCUT2D eigenvalue weighted by molar-refractivity contribution is -0.298. The molecule has 1 saturated carbocycles. The van der Waals surface area contributed by atoms with Crippen LogP contribution in [0.15, 0.2) is 60.7 Å². The van der Waals surface area contributed by atoms with Crippen LogP contribution in [0.25, 0.3) is 6.08 Å². The van der Waals surface area contributed by atoms with E-state index in [1.54, 1.807) is 40.0 Å². The summed E-state index contributed by atoms with van der Waals surface area (Å²) < 4.78 is 36.9. The summed E-state index contributed by atoms with van der Waals surface area (Å²) in [7, 11) is 1.55. The van der Waals surface area contributed by atoms with Gasteiger partial charge in [-0.15, -0.1) is 0 Å². The molecule has 0 radical (unpaired) electrons. The van der Waals surface area contributed by atoms with Crippen molar-refractivity contribution >= 4 is 29.8 Å². The monoisotopic (exact) mass is 1040 g/mol. The fourth-order valence-electron chi connectivity index (χ4n) is 11.0. The molecule has 2 bridgehead atoms. The number of hydrogen-bond donors (Lipinski definition) is 6. The molecule has 74 heavy (non-hydrogen) atoms. The Kier molecular flexibility index (Phi) is 19.5. The van der Waals surface area contributed by atoms with E-state index in [1.807, 2.05) is 54.6 Å². The maximum absolute atomic E-state index is 15.9. The number of amides is 2. The van der Waals surface area contributed by atoms with Gasteiger partial charge in [0.1, 0.15) is 65.9 Å². The molecule has 2 aromatic rings. The van der Waals surface area contributed by atoms with Gasteiger partial charge in [0.15, 0.2) is 18.1 Å². The van der Waals surface area contributed by atoms with Crippen molar-refractivity contribution in [1.82, 2.24) is 15.3 Å². The van der Waals surface area contributed by atoms with E-state index in [9.17, 15) is 39.9 Å². The van der Waals surface area contributed by atoms with E-state index in [4.69, 9.17) is 33.3 Å². The number of hydrogen-bond acceptors (Lipinski definition) is 17. The predicted octanol–water partition coefficient (Wildman–Crippen LogP) is 3.63. The third kappa shape index (κ3) is 13.1. The van der Waals surface area contributed by atoms with Gasteiger partial charge in [-0.05, 0) is 56.7 Å². The Hall–Kier alpha value is -4.38. The number of aliphatic hydroxyl groups is 5. The van der Waals surface area contributed by atoms with Gasteiger partial charge >= 0.3 is 11.9 Å². The second kappa shape index (κ2) is 25.2. The zero-order valence-corrected chi connectivity index (χ0v) is 43.7. The number of ether oxygens (including phenoxy) is 6. The van der Waals surface area contributed by atoms with E-state index >= 15 is 4.79 Å². The van der Waals surface area contributed by atoms with Crippen molar-refractivity contribution in [3.8, 4) is 0 Å². The molecule has 0 spiro atoms. The van der Waals surface area contributed by atoms with Gasteiger partial charge in [-0.25, -0.2) is 0 Å². The van der Waals surface area contributed by atoms with E-state index in [2.05, 4.69) is 19.2 Å². The van der Waals surface area contributed by atoms with Gasteiger partial charge < -0.3 is 64.2 Å². The number of nitrogens with one attached hydrogen (secondary N) is 1. The van der Waals surface area contributed by atoms with Crippen LogP contribution < -0.4 is 5.32 Å². The Balaban J connectivity index is 1.17. The Morgan fingerprint density at radius 1 is 0.905 bits per heavy atom. The molecule has 0 aromatic heterocycles. The van der Waals surface area contributed by atoms with Crippen molar-refractivity contribution < 1.29 is 78.0 Å². The number of unbranched alkanes of at least 4 members (excludes halogenated alkanes) is 4. The number of hydroxylamine groups is 2. The second-order valence-electron chi connectivity index (χ2n) is 21.5. The standard InChI is InChI=1S/C55H79N3O16/c1-7-9-14-26-54(27-15-10-8-2)72-45-39-30-55(52(67)57(6)38(29-35-17-12-11-13-18-35)49(65)56-37(32-59)24-25-41(61)71-53(3,4)5)47(50(66)69-39)58(74-48(55)46(45)73-54)31-36-22-20-34(21-23-36)19-16-28-68-51-44(64)43(63)42(62)40(33-60)70-51/h11-13,16-23,37-40,42-48,51,59-60,62-64H,7-10,14-15,24-33H2,1-6H3,(H,56,65)/t37-,38+,39+,40+,42-,43-,44+,45-,46-,47+,48+,51-,55+/m0/s1. The molecule has 13 atom stereocenters. The molecule has 2 amide bonds. The Morgan fingerprint density at radius 3 is 2.22 bits per heavy atom. The molecule has 4 saturated heterocycles. The molecule has 6 N–H and O–H groups in total. The molecule has 4 heterocycles. The van der Waals surface area contributed by atoms with Gasteiger partial charge in [0.2, 0.25) is 11.8 Å². The third-order valence-electron chi connectivity index (χ3n) is 14.9. The van der Waals surface area contributed by atoms with Gasteiger partial charge in [0.05, 0.1) is 32.4 Å². The first-order chi connectivity index (χ1) is 35.4. The van der Waals surface area contributed by atoms with Crippen LogP contribution in [0.5, 0.6) is 0 Å². The van der Waals surface area contributed by atoms with Crippen LogP contribution in [0.3, 0.4) is 0 Å². The number of aliphatic hydroxyl groups excluding tert-OH is 5. The molecule has 7 rings (SSSR count). The fraction of sp³-hybridized carbons (Fsp3) is 0.673. The molecule has 1 aliphatic carbocycles. The summed E-state index contributed by atoms with van der Waals surface area (Å²) in [6, 6.07) is 13.4. The second-order valence-corrected chi connectivity index (χ2v) is 21.5. The number of carbonyl (C=O) groups excluding carboxylic acids is 4. The first-order valence-electron chi connectivity index (χ1n) is 26.5. The smallest absolute Gasteiger partial charge is 0.327 e. The lowest BCUT2D eigenvalue weighted by Crippen LogP contribution is -2.70. The Labute approximate surface area is 434 Å². The first-order valence-corrected chi connectivity index (χ1v) is 26.5. The summed E-state index contributed by atoms with van der Waals surface area (Å²) in [6.45, 7) is 8.53. The van der Waals surface area contributed by atoms with Gasteiger partial charge in [-0.1, -0.05) is 106 Å². The van der Waals surface area contributed by atoms with E-state index in [0.717, 1.165) is 55.2 Å². The highest BCUT2D eigenvalue weighted by atomic mass is 16.8. The van der Waals surface area contributed by atoms with E-state index in [0.29, 0.717) is 12.8 Å². The van der Waals surface area contributed by atoms with Crippen molar-refractivity contribution in [1.29, 1.82) is 0 Å². The molecular weight excluding hydrogens is 959 g/mol. The van der Waals surface area contributed by atoms with Gasteiger partial charge in [-0.3, -0.25) is 24.0 Å². The van der Waals surface area contributed by atoms with Crippen molar-refractivity contribution in [2.75, 3.05) is 26.9 Å². The van der Waals surface area contributed by atoms with Crippen molar-refractivity contribution in [3.63, 3.8) is 0 Å². The van der Waals surface area contributed by atoms with Crippen LogP contribution in [0.4, 0.5) is 0 Å². The number of nitrogens with zero attached hydrogens (tertiary/aromatic N) is 2. The van der Waals surface area contributed by atoms with Crippen LogP contribution in [-0.2, 0) is 65.4 Å². The third-order valence-corrected chi connectivity index (χ3v) is 14.9. The summed E-state index contributed by atoms with van der Waals surface area (Å²) in [5.41, 5.74) is -0.0455. The zero-order chi connectivity index (χ0) is 53.4. The number of fused-ring (bicyclic) bond motifs is 4. The van der Waals surface area contributed by atoms with E-state index in [1.165, 1.54) is 9.96 Å². The highest BCUT2D eigenvalue weighted by Crippen LogP contribution is 2.58. The van der Waals surface area contributed by atoms with Crippen LogP contribution in [0.2, 0.25) is 0 Å². The molecule has 19 nitrogen and oxygen atoms in total. The molecular formula is C55H79N3O16. The minimum absolute atomic E-state index is 0.0286. The largest absolute Gasteiger partial charge is 0.460 e. The molecule has 410 valence electrons. The minimum atomic E-state index is -1.60. The molecule has 2 aromatic carbocycles. The van der Waals surface area contributed by atoms with Gasteiger partial charge in [0.25, 0.3) is 0 Å². The Bertz CT molecular complexity index is 2200. The first kappa shape index (κ1) is 57.3. The molecule has 0 unspecified atom stereocenters. The number of likely N-dealkylation sites (N-methyl/N-ethyl adjacent to an activating group) is 1. The molecule has 19 heteroatoms. The zero-order valence-electron chi connectivity index (χ0n) is 43.7. The lowest BCUT2D eigenvalue weighted by Gasteiger charge is -2.50. The van der Waals surface area contributed by atoms with Crippen LogP contribution >= 0.6 is 0 Å². The van der Waals surface area contributed by atoms with Crippen LogP contribution in [0, 0.1) is 5.41 Å². The SMILES string of the molecule is CCCCCC1(CCCCC)O[C@@H]2[C@H](O1)[C@H]1ON(Cc3ccc(C=CCO[C@H]4O[C@H](CO)[C@H](O)[C@H](O)[C@H]4O)cc3)[C@@H]3C(=O)O[C@@H]2C[C@]13C(=O)N(C)[C@H](Cc1ccccc1)C(=O)N[C@H](CO)CCC(=O)OC(C)(C)C. The lowest BCUT2D eigenvalue weighted by atomic mass is 9.62. The topological polar surface area (TPSA) is 253 Å². The maximum atomic E-state index is 15.9. The van der Waals surface area contributed by atoms with Crippen molar-refractivity contribution in [3.05, 3.63) is 77.4 Å². The summed E-state index contributed by atoms with van der Waals surface area (Å²) in [5.74, 6) is -3.20. The van der Waals surface area contributed by atoms with E-state index in [-0.39, 0.29) is 38.8 Å². The van der Waals surface area contributed by atoms with E-state index < -0.39 is 127 Å². The van der Waals surface area contributed by atoms with Crippen molar-refractivity contribution in [2.24, 2.45) is 5.41 Å². The number of esters is 2. The summed E-state index contributed by atoms with van der Waals surface area (Å²) in [6.07, 6.45) is 0.0418. The van der Waals surface area contributed by atoms with Crippen LogP contribution in [-0.4, -0.2) is 171 Å². The highest BCUT2D eigenvalue weighted by molar-refractivity contribution is 5.96. The maximum Gasteiger partial charge on any atom is 0.327 e. The minimum Gasteiger partial charge on any atom is -0.460 e. The Morgan fingerprint density at radius 2 is 1.58 bits per heavy atom. The molecule has 5 fully saturated rings. The van der Waals surface area contributed by atoms with Crippen molar-refractivity contribution in [2.45, 2.75) is 203 Å². The highest BCUT2D eigenvalue weighted by Gasteiger charge is 2.77. The summed E-state index contributed by atoms with van der Waals surface area (Å²) in [4.78, 5) is 66.3. The summed E-state index contributed by atoms with van der Waals surface area (Å²) in [5, 5.41) is 54.9. The number of rotatable bonds is 25. The predicted molar refractivity (Wildman–Crippen MR) is 268 cm³/mol. The van der Waals surface area contributed by atoms with Gasteiger partial charge in [0, 0.05) is 39.2 Å². The molecule has 4 aliphatic heterocycles. The quantitative estimate of drug-likeness (QED) is 0.0614. The number of carbonyl (C=O) groups is 4.